The van der Waals surface area contributed by atoms with Crippen LogP contribution in [0.25, 0.3) is 0 Å². The Balaban J connectivity index is 1.49. The highest BCUT2D eigenvalue weighted by Crippen LogP contribution is 2.23. The fraction of sp³-hybridized carbons (Fsp3) is 0.389. The Hall–Kier alpha value is -1.65. The van der Waals surface area contributed by atoms with Gasteiger partial charge in [-0.2, -0.15) is 0 Å². The molecule has 1 fully saturated rings. The highest BCUT2D eigenvalue weighted by Gasteiger charge is 2.23. The van der Waals surface area contributed by atoms with E-state index in [-0.39, 0.29) is 17.0 Å². The van der Waals surface area contributed by atoms with Gasteiger partial charge in [0, 0.05) is 37.6 Å². The van der Waals surface area contributed by atoms with E-state index in [1.807, 2.05) is 19.1 Å². The van der Waals surface area contributed by atoms with Crippen molar-refractivity contribution in [3.8, 4) is 0 Å². The Morgan fingerprint density at radius 3 is 2.36 bits per heavy atom. The van der Waals surface area contributed by atoms with Crippen LogP contribution in [0.3, 0.4) is 0 Å². The quantitative estimate of drug-likeness (QED) is 0.743. The zero-order chi connectivity index (χ0) is 20.3. The van der Waals surface area contributed by atoms with Gasteiger partial charge in [0.05, 0.1) is 15.3 Å². The molecule has 3 N–H and O–H groups in total. The van der Waals surface area contributed by atoms with E-state index in [1.54, 1.807) is 28.4 Å². The lowest BCUT2D eigenvalue weighted by Gasteiger charge is -2.35. The van der Waals surface area contributed by atoms with Crippen LogP contribution in [0.2, 0.25) is 4.34 Å². The normalized spacial score (nSPS) is 16.8. The third-order valence-electron chi connectivity index (χ3n) is 4.72. The Morgan fingerprint density at radius 1 is 1.18 bits per heavy atom. The van der Waals surface area contributed by atoms with E-state index >= 15 is 0 Å². The summed E-state index contributed by atoms with van der Waals surface area (Å²) in [5.41, 5.74) is 0.814. The molecule has 2 amide bonds. The fourth-order valence-corrected chi connectivity index (χ4v) is 4.72. The molecule has 10 heteroatoms. The third-order valence-corrected chi connectivity index (χ3v) is 6.86. The van der Waals surface area contributed by atoms with E-state index in [0.717, 1.165) is 29.5 Å². The number of carbonyl (C=O) groups excluding carboxylic acids is 1. The highest BCUT2D eigenvalue weighted by atomic mass is 35.5. The summed E-state index contributed by atoms with van der Waals surface area (Å²) < 4.78 is 23.5. The molecule has 0 unspecified atom stereocenters. The number of hydrogen-bond acceptors (Lipinski definition) is 5. The van der Waals surface area contributed by atoms with Gasteiger partial charge in [0.25, 0.3) is 0 Å². The summed E-state index contributed by atoms with van der Waals surface area (Å²) in [4.78, 5) is 17.9. The summed E-state index contributed by atoms with van der Waals surface area (Å²) in [6, 6.07) is 9.79. The molecular formula is C18H23ClN4O3S2. The minimum Gasteiger partial charge on any atom is -0.331 e. The zero-order valence-corrected chi connectivity index (χ0v) is 17.9. The molecule has 28 heavy (non-hydrogen) atoms. The molecule has 0 saturated carbocycles. The van der Waals surface area contributed by atoms with Crippen molar-refractivity contribution in [1.82, 2.24) is 15.1 Å². The smallest absolute Gasteiger partial charge is 0.317 e. The molecule has 7 nitrogen and oxygen atoms in total. The lowest BCUT2D eigenvalue weighted by atomic mass is 10.1. The van der Waals surface area contributed by atoms with E-state index in [1.165, 1.54) is 17.0 Å². The van der Waals surface area contributed by atoms with E-state index in [4.69, 9.17) is 16.7 Å². The average molecular weight is 443 g/mol. The predicted molar refractivity (Wildman–Crippen MR) is 111 cm³/mol. The number of amides is 2. The first-order valence-corrected chi connectivity index (χ1v) is 11.6. The maximum absolute atomic E-state index is 12.5. The SMILES string of the molecule is C[C@@H](NC(=O)N1CCN(Cc2ccc(Cl)s2)CC1)c1ccc(S(N)(=O)=O)cc1. The van der Waals surface area contributed by atoms with Gasteiger partial charge in [0.1, 0.15) is 0 Å². The Morgan fingerprint density at radius 2 is 1.82 bits per heavy atom. The Labute approximate surface area is 174 Å². The number of benzene rings is 1. The average Bonchev–Trinajstić information content (AvgIpc) is 3.06. The Kier molecular flexibility index (Phi) is 6.61. The van der Waals surface area contributed by atoms with Crippen molar-refractivity contribution < 1.29 is 13.2 Å². The lowest BCUT2D eigenvalue weighted by Crippen LogP contribution is -2.51. The highest BCUT2D eigenvalue weighted by molar-refractivity contribution is 7.89. The second kappa shape index (κ2) is 8.79. The molecule has 1 atom stereocenters. The maximum atomic E-state index is 12.5. The Bertz CT molecular complexity index is 923. The first-order valence-electron chi connectivity index (χ1n) is 8.87. The van der Waals surface area contributed by atoms with Gasteiger partial charge in [-0.25, -0.2) is 18.4 Å². The van der Waals surface area contributed by atoms with Gasteiger partial charge < -0.3 is 10.2 Å². The second-order valence-corrected chi connectivity index (χ2v) is 10.1. The van der Waals surface area contributed by atoms with Crippen molar-refractivity contribution in [3.63, 3.8) is 0 Å². The molecule has 1 saturated heterocycles. The van der Waals surface area contributed by atoms with Crippen LogP contribution in [0.4, 0.5) is 4.79 Å². The number of rotatable bonds is 5. The molecule has 3 rings (SSSR count). The molecule has 0 aliphatic carbocycles. The summed E-state index contributed by atoms with van der Waals surface area (Å²) in [6.07, 6.45) is 0. The van der Waals surface area contributed by atoms with Crippen molar-refractivity contribution in [3.05, 3.63) is 51.2 Å². The number of hydrogen-bond donors (Lipinski definition) is 2. The van der Waals surface area contributed by atoms with Crippen LogP contribution in [-0.4, -0.2) is 50.4 Å². The standard InChI is InChI=1S/C18H23ClN4O3S2/c1-13(14-2-5-16(6-3-14)28(20,25)26)21-18(24)23-10-8-22(9-11-23)12-15-4-7-17(19)27-15/h2-7,13H,8-12H2,1H3,(H,21,24)(H2,20,25,26)/t13-/m1/s1. The summed E-state index contributed by atoms with van der Waals surface area (Å²) >= 11 is 7.56. The first kappa shape index (κ1) is 21.1. The van der Waals surface area contributed by atoms with Crippen molar-refractivity contribution in [2.24, 2.45) is 5.14 Å². The summed E-state index contributed by atoms with van der Waals surface area (Å²) in [5, 5.41) is 8.07. The van der Waals surface area contributed by atoms with Gasteiger partial charge in [-0.3, -0.25) is 4.90 Å². The number of nitrogens with two attached hydrogens (primary N) is 1. The largest absolute Gasteiger partial charge is 0.331 e. The molecule has 152 valence electrons. The maximum Gasteiger partial charge on any atom is 0.317 e. The number of carbonyl (C=O) groups is 1. The molecule has 1 aliphatic heterocycles. The predicted octanol–water partition coefficient (Wildman–Crippen LogP) is 2.64. The number of nitrogens with zero attached hydrogens (tertiary/aromatic N) is 2. The minimum atomic E-state index is -3.72. The number of piperazine rings is 1. The third kappa shape index (κ3) is 5.45. The van der Waals surface area contributed by atoms with Crippen LogP contribution in [0.5, 0.6) is 0 Å². The molecule has 0 bridgehead atoms. The molecule has 0 spiro atoms. The van der Waals surface area contributed by atoms with Crippen LogP contribution in [0.1, 0.15) is 23.4 Å². The molecular weight excluding hydrogens is 420 g/mol. The van der Waals surface area contributed by atoms with Crippen LogP contribution in [0, 0.1) is 0 Å². The topological polar surface area (TPSA) is 95.7 Å². The lowest BCUT2D eigenvalue weighted by molar-refractivity contribution is 0.134. The number of thiophene rings is 1. The monoisotopic (exact) mass is 442 g/mol. The molecule has 1 aromatic heterocycles. The molecule has 1 aliphatic rings. The number of halogens is 1. The van der Waals surface area contributed by atoms with Crippen LogP contribution < -0.4 is 10.5 Å². The summed E-state index contributed by atoms with van der Waals surface area (Å²) in [6.45, 7) is 5.63. The molecule has 2 aromatic rings. The van der Waals surface area contributed by atoms with Crippen molar-refractivity contribution in [2.75, 3.05) is 26.2 Å². The minimum absolute atomic E-state index is 0.0536. The fourth-order valence-electron chi connectivity index (χ4n) is 3.07. The first-order chi connectivity index (χ1) is 13.2. The van der Waals surface area contributed by atoms with E-state index in [2.05, 4.69) is 10.2 Å². The van der Waals surface area contributed by atoms with E-state index in [0.29, 0.717) is 13.1 Å². The zero-order valence-electron chi connectivity index (χ0n) is 15.5. The second-order valence-electron chi connectivity index (χ2n) is 6.75. The number of primary sulfonamides is 1. The van der Waals surface area contributed by atoms with Gasteiger partial charge in [0.2, 0.25) is 10.0 Å². The van der Waals surface area contributed by atoms with Crippen molar-refractivity contribution in [2.45, 2.75) is 24.4 Å². The van der Waals surface area contributed by atoms with Gasteiger partial charge >= 0.3 is 6.03 Å². The summed E-state index contributed by atoms with van der Waals surface area (Å²) in [7, 11) is -3.72. The van der Waals surface area contributed by atoms with Gasteiger partial charge in [-0.05, 0) is 36.8 Å². The van der Waals surface area contributed by atoms with Gasteiger partial charge in [0.15, 0.2) is 0 Å². The van der Waals surface area contributed by atoms with Crippen LogP contribution in [-0.2, 0) is 16.6 Å². The van der Waals surface area contributed by atoms with E-state index < -0.39 is 10.0 Å². The van der Waals surface area contributed by atoms with Gasteiger partial charge in [-0.1, -0.05) is 23.7 Å². The molecule has 2 heterocycles. The summed E-state index contributed by atoms with van der Waals surface area (Å²) in [5.74, 6) is 0. The molecule has 1 aromatic carbocycles. The van der Waals surface area contributed by atoms with Crippen LogP contribution in [0.15, 0.2) is 41.3 Å². The van der Waals surface area contributed by atoms with Crippen molar-refractivity contribution in [1.29, 1.82) is 0 Å². The number of nitrogens with one attached hydrogen (secondary N) is 1. The number of sulfonamides is 1. The number of urea groups is 1. The van der Waals surface area contributed by atoms with E-state index in [9.17, 15) is 13.2 Å². The molecule has 0 radical (unpaired) electrons. The van der Waals surface area contributed by atoms with Crippen molar-refractivity contribution >= 4 is 39.0 Å². The van der Waals surface area contributed by atoms with Crippen LogP contribution >= 0.6 is 22.9 Å². The van der Waals surface area contributed by atoms with Gasteiger partial charge in [-0.15, -0.1) is 11.3 Å².